The molecule has 0 aliphatic heterocycles. The Hall–Kier alpha value is -2.36. The van der Waals surface area contributed by atoms with E-state index in [9.17, 15) is 22.4 Å². The average Bonchev–Trinajstić information content (AvgIpc) is 2.70. The maximum Gasteiger partial charge on any atom is 0.244 e. The van der Waals surface area contributed by atoms with E-state index in [0.717, 1.165) is 22.7 Å². The number of sulfonamides is 1. The van der Waals surface area contributed by atoms with Crippen molar-refractivity contribution in [1.82, 2.24) is 10.2 Å². The summed E-state index contributed by atoms with van der Waals surface area (Å²) in [5.74, 6) is -1.63. The third-order valence-electron chi connectivity index (χ3n) is 4.78. The van der Waals surface area contributed by atoms with Gasteiger partial charge in [-0.2, -0.15) is 0 Å². The van der Waals surface area contributed by atoms with Crippen LogP contribution in [-0.4, -0.2) is 50.0 Å². The van der Waals surface area contributed by atoms with Crippen LogP contribution < -0.4 is 9.62 Å². The van der Waals surface area contributed by atoms with Crippen LogP contribution in [0.15, 0.2) is 42.5 Å². The highest BCUT2D eigenvalue weighted by Crippen LogP contribution is 2.27. The number of amides is 2. The molecule has 0 heterocycles. The lowest BCUT2D eigenvalue weighted by Gasteiger charge is -2.32. The molecule has 2 aromatic carbocycles. The maximum atomic E-state index is 13.4. The maximum absolute atomic E-state index is 13.4. The van der Waals surface area contributed by atoms with Gasteiger partial charge in [0.2, 0.25) is 21.8 Å². The van der Waals surface area contributed by atoms with Crippen molar-refractivity contribution in [3.05, 3.63) is 63.9 Å². The minimum absolute atomic E-state index is 0.113. The normalized spacial score (nSPS) is 12.4. The molecular weight excluding hydrogens is 492 g/mol. The van der Waals surface area contributed by atoms with Gasteiger partial charge in [-0.1, -0.05) is 29.3 Å². The van der Waals surface area contributed by atoms with Gasteiger partial charge in [0.05, 0.1) is 11.9 Å². The number of carbonyl (C=O) groups excluding carboxylic acids is 2. The largest absolute Gasteiger partial charge is 0.352 e. The Labute approximate surface area is 203 Å². The fourth-order valence-corrected chi connectivity index (χ4v) is 4.43. The first-order chi connectivity index (χ1) is 15.3. The van der Waals surface area contributed by atoms with Crippen molar-refractivity contribution in [2.45, 2.75) is 39.4 Å². The van der Waals surface area contributed by atoms with Crippen molar-refractivity contribution < 1.29 is 22.4 Å². The van der Waals surface area contributed by atoms with Gasteiger partial charge in [0.1, 0.15) is 18.4 Å². The zero-order valence-electron chi connectivity index (χ0n) is 18.7. The first-order valence-corrected chi connectivity index (χ1v) is 12.7. The zero-order valence-corrected chi connectivity index (χ0v) is 21.0. The van der Waals surface area contributed by atoms with Crippen molar-refractivity contribution in [2.75, 3.05) is 17.1 Å². The third kappa shape index (κ3) is 7.31. The van der Waals surface area contributed by atoms with Gasteiger partial charge in [0, 0.05) is 28.2 Å². The highest BCUT2D eigenvalue weighted by atomic mass is 35.5. The Balaban J connectivity index is 2.44. The second-order valence-electron chi connectivity index (χ2n) is 7.81. The Morgan fingerprint density at radius 2 is 1.58 bits per heavy atom. The number of nitrogens with zero attached hydrogens (tertiary/aromatic N) is 2. The zero-order chi connectivity index (χ0) is 24.9. The number of hydrogen-bond acceptors (Lipinski definition) is 4. The van der Waals surface area contributed by atoms with Crippen LogP contribution in [0.4, 0.5) is 10.1 Å². The molecule has 0 spiro atoms. The lowest BCUT2D eigenvalue weighted by Crippen LogP contribution is -2.52. The summed E-state index contributed by atoms with van der Waals surface area (Å²) in [7, 11) is -3.90. The Kier molecular flexibility index (Phi) is 9.11. The van der Waals surface area contributed by atoms with E-state index in [0.29, 0.717) is 15.6 Å². The van der Waals surface area contributed by atoms with Crippen LogP contribution in [0.5, 0.6) is 0 Å². The van der Waals surface area contributed by atoms with E-state index in [1.165, 1.54) is 24.0 Å². The van der Waals surface area contributed by atoms with Gasteiger partial charge in [-0.25, -0.2) is 12.8 Å². The van der Waals surface area contributed by atoms with Crippen LogP contribution in [0.25, 0.3) is 0 Å². The molecule has 0 radical (unpaired) electrons. The predicted molar refractivity (Wildman–Crippen MR) is 128 cm³/mol. The molecule has 0 aromatic heterocycles. The van der Waals surface area contributed by atoms with Gasteiger partial charge in [-0.15, -0.1) is 0 Å². The molecule has 2 amide bonds. The van der Waals surface area contributed by atoms with Gasteiger partial charge >= 0.3 is 0 Å². The fourth-order valence-electron chi connectivity index (χ4n) is 3.06. The van der Waals surface area contributed by atoms with E-state index >= 15 is 0 Å². The summed E-state index contributed by atoms with van der Waals surface area (Å²) in [5, 5.41) is 3.34. The average molecular weight is 518 g/mol. The quantitative estimate of drug-likeness (QED) is 0.547. The first-order valence-electron chi connectivity index (χ1n) is 10.1. The smallest absolute Gasteiger partial charge is 0.244 e. The summed E-state index contributed by atoms with van der Waals surface area (Å²) in [5.41, 5.74) is 0.535. The highest BCUT2D eigenvalue weighted by Gasteiger charge is 2.31. The summed E-state index contributed by atoms with van der Waals surface area (Å²) >= 11 is 12.5. The van der Waals surface area contributed by atoms with E-state index in [1.807, 2.05) is 0 Å². The minimum atomic E-state index is -3.90. The van der Waals surface area contributed by atoms with Crippen LogP contribution in [-0.2, 0) is 26.2 Å². The van der Waals surface area contributed by atoms with Gasteiger partial charge < -0.3 is 10.2 Å². The van der Waals surface area contributed by atoms with E-state index in [-0.39, 0.29) is 18.3 Å². The Morgan fingerprint density at radius 3 is 2.06 bits per heavy atom. The monoisotopic (exact) mass is 517 g/mol. The molecule has 0 unspecified atom stereocenters. The van der Waals surface area contributed by atoms with Crippen LogP contribution >= 0.6 is 23.2 Å². The summed E-state index contributed by atoms with van der Waals surface area (Å²) in [6.07, 6.45) is 0.938. The summed E-state index contributed by atoms with van der Waals surface area (Å²) < 4.78 is 39.1. The summed E-state index contributed by atoms with van der Waals surface area (Å²) in [6, 6.07) is 8.43. The number of halogens is 3. The molecule has 1 N–H and O–H groups in total. The molecule has 0 saturated heterocycles. The van der Waals surface area contributed by atoms with Gasteiger partial charge in [0.15, 0.2) is 0 Å². The molecule has 0 aliphatic rings. The molecule has 2 aromatic rings. The molecule has 11 heteroatoms. The molecule has 2 rings (SSSR count). The van der Waals surface area contributed by atoms with Gasteiger partial charge in [-0.3, -0.25) is 13.9 Å². The van der Waals surface area contributed by atoms with E-state index < -0.39 is 40.2 Å². The summed E-state index contributed by atoms with van der Waals surface area (Å²) in [6.45, 7) is 4.36. The minimum Gasteiger partial charge on any atom is -0.352 e. The SMILES string of the molecule is CC(C)NC(=O)[C@H](C)N(Cc1c(Cl)cccc1Cl)C(=O)CN(c1ccc(F)cc1)S(C)(=O)=O. The molecule has 0 bridgehead atoms. The van der Waals surface area contributed by atoms with Crippen LogP contribution in [0.2, 0.25) is 10.0 Å². The molecule has 180 valence electrons. The third-order valence-corrected chi connectivity index (χ3v) is 6.63. The van der Waals surface area contributed by atoms with E-state index in [4.69, 9.17) is 23.2 Å². The second kappa shape index (κ2) is 11.2. The van der Waals surface area contributed by atoms with Crippen molar-refractivity contribution in [3.8, 4) is 0 Å². The van der Waals surface area contributed by atoms with E-state index in [2.05, 4.69) is 5.32 Å². The van der Waals surface area contributed by atoms with E-state index in [1.54, 1.807) is 32.0 Å². The topological polar surface area (TPSA) is 86.8 Å². The van der Waals surface area contributed by atoms with Crippen molar-refractivity contribution in [1.29, 1.82) is 0 Å². The summed E-state index contributed by atoms with van der Waals surface area (Å²) in [4.78, 5) is 27.3. The molecule has 0 saturated carbocycles. The van der Waals surface area contributed by atoms with Crippen LogP contribution in [0.1, 0.15) is 26.3 Å². The molecular formula is C22H26Cl2FN3O4S. The second-order valence-corrected chi connectivity index (χ2v) is 10.5. The molecule has 0 fully saturated rings. The number of nitrogens with one attached hydrogen (secondary N) is 1. The number of benzene rings is 2. The van der Waals surface area contributed by atoms with Crippen molar-refractivity contribution >= 4 is 50.7 Å². The van der Waals surface area contributed by atoms with Gasteiger partial charge in [-0.05, 0) is 57.2 Å². The molecule has 7 nitrogen and oxygen atoms in total. The number of anilines is 1. The number of carbonyl (C=O) groups is 2. The standard InChI is InChI=1S/C22H26Cl2FN3O4S/c1-14(2)26-22(30)15(3)27(12-18-19(23)6-5-7-20(18)24)21(29)13-28(33(4,31)32)17-10-8-16(25)9-11-17/h5-11,14-15H,12-13H2,1-4H3,(H,26,30)/t15-/m0/s1. The van der Waals surface area contributed by atoms with Crippen molar-refractivity contribution in [3.63, 3.8) is 0 Å². The van der Waals surface area contributed by atoms with Crippen molar-refractivity contribution in [2.24, 2.45) is 0 Å². The molecule has 1 atom stereocenters. The first kappa shape index (κ1) is 26.9. The number of rotatable bonds is 9. The highest BCUT2D eigenvalue weighted by molar-refractivity contribution is 7.92. The van der Waals surface area contributed by atoms with Gasteiger partial charge in [0.25, 0.3) is 0 Å². The number of hydrogen-bond donors (Lipinski definition) is 1. The fraction of sp³-hybridized carbons (Fsp3) is 0.364. The molecule has 0 aliphatic carbocycles. The molecule has 33 heavy (non-hydrogen) atoms. The van der Waals surface area contributed by atoms with Crippen LogP contribution in [0, 0.1) is 5.82 Å². The predicted octanol–water partition coefficient (Wildman–Crippen LogP) is 3.84. The Morgan fingerprint density at radius 1 is 1.03 bits per heavy atom. The lowest BCUT2D eigenvalue weighted by molar-refractivity contribution is -0.139. The van der Waals surface area contributed by atoms with Crippen LogP contribution in [0.3, 0.4) is 0 Å². The Bertz CT molecular complexity index is 1090. The lowest BCUT2D eigenvalue weighted by atomic mass is 10.1.